The van der Waals surface area contributed by atoms with Gasteiger partial charge in [0.15, 0.2) is 5.94 Å². The van der Waals surface area contributed by atoms with Crippen LogP contribution in [0.4, 0.5) is 0 Å². The molecule has 0 saturated carbocycles. The van der Waals surface area contributed by atoms with E-state index in [1.807, 2.05) is 0 Å². The third kappa shape index (κ3) is 0.863. The van der Waals surface area contributed by atoms with Crippen LogP contribution in [0.1, 0.15) is 0 Å². The van der Waals surface area contributed by atoms with Gasteiger partial charge in [0.05, 0.1) is 0 Å². The van der Waals surface area contributed by atoms with Crippen molar-refractivity contribution in [1.29, 1.82) is 0 Å². The highest BCUT2D eigenvalue weighted by Crippen LogP contribution is 1.90. The van der Waals surface area contributed by atoms with Crippen LogP contribution in [0.15, 0.2) is 24.0 Å². The van der Waals surface area contributed by atoms with Crippen LogP contribution < -0.4 is 5.32 Å². The fourth-order valence-electron chi connectivity index (χ4n) is 0.412. The lowest BCUT2D eigenvalue weighted by molar-refractivity contribution is 0.566. The minimum Gasteiger partial charge on any atom is -0.353 e. The minimum absolute atomic E-state index is 0.424. The first kappa shape index (κ1) is 4.88. The maximum atomic E-state index is 9.83. The van der Waals surface area contributed by atoms with Crippen LogP contribution >= 0.6 is 0 Å². The number of carbonyl (C=O) groups excluding carboxylic acids is 1. The molecule has 0 aromatic rings. The van der Waals surface area contributed by atoms with Crippen molar-refractivity contribution in [1.82, 2.24) is 5.32 Å². The Kier molecular flexibility index (Phi) is 1.31. The maximum absolute atomic E-state index is 9.83. The maximum Gasteiger partial charge on any atom is 0.150 e. The molecule has 0 spiro atoms. The summed E-state index contributed by atoms with van der Waals surface area (Å²) in [7, 11) is 0. The number of nitrogens with one attached hydrogen (secondary N) is 1. The summed E-state index contributed by atoms with van der Waals surface area (Å²) in [6, 6.07) is 0. The average Bonchev–Trinajstić information content (AvgIpc) is 1.90. The molecule has 0 aromatic carbocycles. The van der Waals surface area contributed by atoms with Gasteiger partial charge in [-0.1, -0.05) is 0 Å². The molecule has 0 unspecified atom stereocenters. The third-order valence-electron chi connectivity index (χ3n) is 0.756. The quantitative estimate of drug-likeness (QED) is 0.446. The molecule has 8 heavy (non-hydrogen) atoms. The monoisotopic (exact) mass is 106 g/mol. The van der Waals surface area contributed by atoms with E-state index in [1.165, 1.54) is 6.08 Å². The molecule has 0 bridgehead atoms. The van der Waals surface area contributed by atoms with E-state index in [9.17, 15) is 4.79 Å². The fourth-order valence-corrected chi connectivity index (χ4v) is 0.412. The van der Waals surface area contributed by atoms with Crippen molar-refractivity contribution in [2.24, 2.45) is 0 Å². The Balaban J connectivity index is 2.80. The highest BCUT2D eigenvalue weighted by molar-refractivity contribution is 5.57. The fraction of sp³-hybridized carbons (Fsp3) is 0. The van der Waals surface area contributed by atoms with Crippen LogP contribution in [0, 0.1) is 6.08 Å². The summed E-state index contributed by atoms with van der Waals surface area (Å²) in [6.07, 6.45) is 7.56. The Morgan fingerprint density at radius 3 is 3.00 bits per heavy atom. The van der Waals surface area contributed by atoms with E-state index in [0.29, 0.717) is 5.70 Å². The van der Waals surface area contributed by atoms with Crippen molar-refractivity contribution in [2.45, 2.75) is 0 Å². The van der Waals surface area contributed by atoms with Gasteiger partial charge in [-0.2, -0.15) is 0 Å². The molecule has 1 aliphatic rings. The molecule has 0 saturated heterocycles. The van der Waals surface area contributed by atoms with Gasteiger partial charge in [0.1, 0.15) is 5.70 Å². The molecule has 1 N–H and O–H groups in total. The highest BCUT2D eigenvalue weighted by atomic mass is 16.1. The largest absolute Gasteiger partial charge is 0.353 e. The SMILES string of the molecule is O=C=C1C=[C]C=CN1. The Morgan fingerprint density at radius 2 is 2.62 bits per heavy atom. The van der Waals surface area contributed by atoms with E-state index in [4.69, 9.17) is 0 Å². The minimum atomic E-state index is 0.424. The zero-order valence-corrected chi connectivity index (χ0v) is 4.14. The molecular weight excluding hydrogens is 102 g/mol. The molecular formula is C6H4NO. The Morgan fingerprint density at radius 1 is 1.75 bits per heavy atom. The van der Waals surface area contributed by atoms with Crippen LogP contribution in [0.2, 0.25) is 0 Å². The molecule has 39 valence electrons. The van der Waals surface area contributed by atoms with Crippen molar-refractivity contribution < 1.29 is 4.79 Å². The van der Waals surface area contributed by atoms with Crippen molar-refractivity contribution in [3.05, 3.63) is 30.1 Å². The van der Waals surface area contributed by atoms with E-state index >= 15 is 0 Å². The van der Waals surface area contributed by atoms with Crippen molar-refractivity contribution in [3.8, 4) is 0 Å². The predicted molar refractivity (Wildman–Crippen MR) is 29.3 cm³/mol. The molecule has 2 heteroatoms. The van der Waals surface area contributed by atoms with Gasteiger partial charge in [-0.25, -0.2) is 4.79 Å². The Labute approximate surface area is 47.2 Å². The number of hydrogen-bond acceptors (Lipinski definition) is 2. The number of hydrogen-bond donors (Lipinski definition) is 1. The van der Waals surface area contributed by atoms with E-state index < -0.39 is 0 Å². The van der Waals surface area contributed by atoms with Crippen LogP contribution in [0.5, 0.6) is 0 Å². The number of rotatable bonds is 0. The van der Waals surface area contributed by atoms with Gasteiger partial charge in [0.2, 0.25) is 0 Å². The lowest BCUT2D eigenvalue weighted by Gasteiger charge is -1.96. The second-order valence-corrected chi connectivity index (χ2v) is 1.30. The zero-order chi connectivity index (χ0) is 5.82. The summed E-state index contributed by atoms with van der Waals surface area (Å²) < 4.78 is 0. The van der Waals surface area contributed by atoms with Crippen LogP contribution in [-0.2, 0) is 4.79 Å². The molecule has 1 rings (SSSR count). The Bertz CT molecular complexity index is 185. The first-order chi connectivity index (χ1) is 3.93. The second kappa shape index (κ2) is 2.15. The summed E-state index contributed by atoms with van der Waals surface area (Å²) in [5, 5.41) is 2.66. The van der Waals surface area contributed by atoms with Gasteiger partial charge in [-0.05, 0) is 18.2 Å². The Hall–Kier alpha value is -1.27. The van der Waals surface area contributed by atoms with Gasteiger partial charge in [0.25, 0.3) is 0 Å². The van der Waals surface area contributed by atoms with E-state index in [1.54, 1.807) is 18.2 Å². The van der Waals surface area contributed by atoms with Crippen molar-refractivity contribution in [2.75, 3.05) is 0 Å². The van der Waals surface area contributed by atoms with Gasteiger partial charge in [0, 0.05) is 6.20 Å². The molecule has 2 nitrogen and oxygen atoms in total. The molecule has 0 amide bonds. The topological polar surface area (TPSA) is 29.1 Å². The van der Waals surface area contributed by atoms with Gasteiger partial charge >= 0.3 is 0 Å². The standard InChI is InChI=1S/C6H4NO/c8-5-6-3-1-2-4-7-6/h2-4,7H. The molecule has 0 atom stereocenters. The van der Waals surface area contributed by atoms with Crippen LogP contribution in [0.3, 0.4) is 0 Å². The average molecular weight is 106 g/mol. The van der Waals surface area contributed by atoms with Crippen LogP contribution in [-0.4, -0.2) is 5.94 Å². The second-order valence-electron chi connectivity index (χ2n) is 1.30. The molecule has 1 heterocycles. The van der Waals surface area contributed by atoms with Crippen molar-refractivity contribution in [3.63, 3.8) is 0 Å². The summed E-state index contributed by atoms with van der Waals surface area (Å²) in [6.45, 7) is 0. The van der Waals surface area contributed by atoms with E-state index in [-0.39, 0.29) is 0 Å². The summed E-state index contributed by atoms with van der Waals surface area (Å²) in [5.74, 6) is 1.69. The van der Waals surface area contributed by atoms with E-state index in [0.717, 1.165) is 0 Å². The number of allylic oxidation sites excluding steroid dienone is 3. The van der Waals surface area contributed by atoms with Gasteiger partial charge < -0.3 is 5.32 Å². The summed E-state index contributed by atoms with van der Waals surface area (Å²) in [4.78, 5) is 9.83. The lowest BCUT2D eigenvalue weighted by atomic mass is 10.3. The first-order valence-corrected chi connectivity index (χ1v) is 2.19. The van der Waals surface area contributed by atoms with Crippen LogP contribution in [0.25, 0.3) is 0 Å². The lowest BCUT2D eigenvalue weighted by Crippen LogP contribution is -2.04. The first-order valence-electron chi connectivity index (χ1n) is 2.19. The van der Waals surface area contributed by atoms with E-state index in [2.05, 4.69) is 11.4 Å². The van der Waals surface area contributed by atoms with Gasteiger partial charge in [-0.3, -0.25) is 0 Å². The predicted octanol–water partition coefficient (Wildman–Crippen LogP) is 0.178. The molecule has 0 aliphatic carbocycles. The van der Waals surface area contributed by atoms with Gasteiger partial charge in [-0.15, -0.1) is 0 Å². The smallest absolute Gasteiger partial charge is 0.150 e. The molecule has 0 fully saturated rings. The third-order valence-corrected chi connectivity index (χ3v) is 0.756. The highest BCUT2D eigenvalue weighted by Gasteiger charge is 1.88. The molecule has 1 aliphatic heterocycles. The molecule has 0 aromatic heterocycles. The zero-order valence-electron chi connectivity index (χ0n) is 4.14. The number of dihydropyridines is 1. The normalized spacial score (nSPS) is 15.2. The van der Waals surface area contributed by atoms with Crippen molar-refractivity contribution >= 4 is 5.94 Å². The summed E-state index contributed by atoms with van der Waals surface area (Å²) >= 11 is 0. The molecule has 1 radical (unpaired) electrons. The summed E-state index contributed by atoms with van der Waals surface area (Å²) in [5.41, 5.74) is 0.424.